The van der Waals surface area contributed by atoms with E-state index >= 15 is 0 Å². The van der Waals surface area contributed by atoms with Gasteiger partial charge in [-0.3, -0.25) is 14.4 Å². The smallest absolute Gasteiger partial charge is 0.274 e. The first-order chi connectivity index (χ1) is 20.1. The summed E-state index contributed by atoms with van der Waals surface area (Å²) in [4.78, 5) is 42.8. The molecule has 1 atom stereocenters. The Kier molecular flexibility index (Phi) is 7.11. The van der Waals surface area contributed by atoms with E-state index in [-0.39, 0.29) is 28.8 Å². The Morgan fingerprint density at radius 2 is 1.88 bits per heavy atom. The first-order valence-corrected chi connectivity index (χ1v) is 15.1. The topological polar surface area (TPSA) is 79.6 Å². The molecule has 2 aliphatic heterocycles. The Hall–Kier alpha value is -4.07. The van der Waals surface area contributed by atoms with Gasteiger partial charge in [-0.05, 0) is 85.4 Å². The zero-order valence-electron chi connectivity index (χ0n) is 25.2. The lowest BCUT2D eigenvalue weighted by Crippen LogP contribution is -2.41. The minimum absolute atomic E-state index is 0.0441. The Labute approximate surface area is 247 Å². The van der Waals surface area contributed by atoms with Gasteiger partial charge in [-0.1, -0.05) is 32.6 Å². The van der Waals surface area contributed by atoms with Crippen molar-refractivity contribution in [1.82, 2.24) is 14.0 Å². The zero-order chi connectivity index (χ0) is 29.8. The third kappa shape index (κ3) is 4.97. The SMILES string of the molecule is C=CC(=O)N1CCCC(Nc2cc(-c3cccc(N4CCn5c(cc6c5CC(C)(C)C6)C4=O)c3C)cn(C)c2=O)CC1. The molecular formula is C34H41N5O3. The molecule has 4 heterocycles. The van der Waals surface area contributed by atoms with Crippen LogP contribution in [0.25, 0.3) is 11.1 Å². The molecule has 8 heteroatoms. The summed E-state index contributed by atoms with van der Waals surface area (Å²) in [7, 11) is 1.77. The molecule has 2 amide bonds. The van der Waals surface area contributed by atoms with Crippen molar-refractivity contribution in [2.75, 3.05) is 29.9 Å². The van der Waals surface area contributed by atoms with Crippen LogP contribution in [0.4, 0.5) is 11.4 Å². The molecule has 3 aromatic rings. The van der Waals surface area contributed by atoms with Crippen LogP contribution in [-0.2, 0) is 31.2 Å². The molecule has 0 bridgehead atoms. The lowest BCUT2D eigenvalue weighted by Gasteiger charge is -2.31. The highest BCUT2D eigenvalue weighted by Gasteiger charge is 2.37. The predicted molar refractivity (Wildman–Crippen MR) is 167 cm³/mol. The lowest BCUT2D eigenvalue weighted by atomic mass is 9.90. The molecule has 0 spiro atoms. The number of nitrogens with one attached hydrogen (secondary N) is 1. The van der Waals surface area contributed by atoms with E-state index in [1.54, 1.807) is 11.6 Å². The van der Waals surface area contributed by atoms with E-state index in [0.717, 1.165) is 66.7 Å². The molecule has 0 saturated carbocycles. The van der Waals surface area contributed by atoms with Gasteiger partial charge in [0.15, 0.2) is 0 Å². The summed E-state index contributed by atoms with van der Waals surface area (Å²) in [6.45, 7) is 13.0. The first-order valence-electron chi connectivity index (χ1n) is 15.1. The Balaban J connectivity index is 1.27. The van der Waals surface area contributed by atoms with Gasteiger partial charge >= 0.3 is 0 Å². The number of anilines is 2. The van der Waals surface area contributed by atoms with Crippen molar-refractivity contribution >= 4 is 23.2 Å². The second kappa shape index (κ2) is 10.6. The second-order valence-corrected chi connectivity index (χ2v) is 12.9. The highest BCUT2D eigenvalue weighted by molar-refractivity contribution is 6.07. The highest BCUT2D eigenvalue weighted by atomic mass is 16.2. The number of likely N-dealkylation sites (tertiary alicyclic amines) is 1. The number of benzene rings is 1. The number of aromatic nitrogens is 2. The lowest BCUT2D eigenvalue weighted by molar-refractivity contribution is -0.125. The van der Waals surface area contributed by atoms with Crippen molar-refractivity contribution in [3.05, 3.63) is 82.1 Å². The normalized spacial score (nSPS) is 19.7. The van der Waals surface area contributed by atoms with E-state index < -0.39 is 0 Å². The number of amides is 2. The third-order valence-corrected chi connectivity index (χ3v) is 9.29. The number of rotatable bonds is 5. The molecule has 1 N–H and O–H groups in total. The molecule has 0 radical (unpaired) electrons. The van der Waals surface area contributed by atoms with Gasteiger partial charge in [-0.2, -0.15) is 0 Å². The van der Waals surface area contributed by atoms with Crippen LogP contribution in [0.15, 0.2) is 54.0 Å². The van der Waals surface area contributed by atoms with Crippen LogP contribution in [-0.4, -0.2) is 51.5 Å². The molecule has 6 rings (SSSR count). The molecule has 1 aliphatic carbocycles. The Morgan fingerprint density at radius 1 is 1.07 bits per heavy atom. The van der Waals surface area contributed by atoms with E-state index in [4.69, 9.17) is 0 Å². The van der Waals surface area contributed by atoms with E-state index in [0.29, 0.717) is 25.3 Å². The summed E-state index contributed by atoms with van der Waals surface area (Å²) in [5.41, 5.74) is 7.98. The number of nitrogens with zero attached hydrogens (tertiary/aromatic N) is 4. The maximum Gasteiger partial charge on any atom is 0.274 e. The molecule has 1 unspecified atom stereocenters. The van der Waals surface area contributed by atoms with E-state index in [1.165, 1.54) is 17.3 Å². The predicted octanol–water partition coefficient (Wildman–Crippen LogP) is 4.93. The van der Waals surface area contributed by atoms with Gasteiger partial charge < -0.3 is 24.3 Å². The first kappa shape index (κ1) is 28.1. The minimum atomic E-state index is -0.0842. The molecule has 220 valence electrons. The van der Waals surface area contributed by atoms with Gasteiger partial charge in [-0.15, -0.1) is 0 Å². The summed E-state index contributed by atoms with van der Waals surface area (Å²) in [5, 5.41) is 3.49. The summed E-state index contributed by atoms with van der Waals surface area (Å²) in [6, 6.07) is 10.2. The quantitative estimate of drug-likeness (QED) is 0.444. The fraction of sp³-hybridized carbons (Fsp3) is 0.441. The molecule has 2 aromatic heterocycles. The second-order valence-electron chi connectivity index (χ2n) is 12.9. The molecule has 1 aromatic carbocycles. The van der Waals surface area contributed by atoms with Crippen LogP contribution in [0, 0.1) is 12.3 Å². The van der Waals surface area contributed by atoms with Crippen molar-refractivity contribution < 1.29 is 9.59 Å². The largest absolute Gasteiger partial charge is 0.378 e. The van der Waals surface area contributed by atoms with Gasteiger partial charge in [-0.25, -0.2) is 0 Å². The minimum Gasteiger partial charge on any atom is -0.378 e. The van der Waals surface area contributed by atoms with Crippen LogP contribution in [0.5, 0.6) is 0 Å². The van der Waals surface area contributed by atoms with Gasteiger partial charge in [0.2, 0.25) is 5.91 Å². The van der Waals surface area contributed by atoms with E-state index in [1.807, 2.05) is 34.2 Å². The number of hydrogen-bond acceptors (Lipinski definition) is 4. The van der Waals surface area contributed by atoms with Crippen LogP contribution in [0.1, 0.15) is 60.4 Å². The van der Waals surface area contributed by atoms with Crippen molar-refractivity contribution in [3.8, 4) is 11.1 Å². The Morgan fingerprint density at radius 3 is 2.67 bits per heavy atom. The van der Waals surface area contributed by atoms with Crippen molar-refractivity contribution in [1.29, 1.82) is 0 Å². The van der Waals surface area contributed by atoms with Crippen molar-refractivity contribution in [3.63, 3.8) is 0 Å². The van der Waals surface area contributed by atoms with Crippen molar-refractivity contribution in [2.45, 2.75) is 65.5 Å². The zero-order valence-corrected chi connectivity index (χ0v) is 25.2. The number of aryl methyl sites for hydroxylation is 1. The molecular weight excluding hydrogens is 526 g/mol. The summed E-state index contributed by atoms with van der Waals surface area (Å²) in [6.07, 6.45) is 7.77. The summed E-state index contributed by atoms with van der Waals surface area (Å²) < 4.78 is 3.86. The van der Waals surface area contributed by atoms with Gasteiger partial charge in [0.1, 0.15) is 11.4 Å². The summed E-state index contributed by atoms with van der Waals surface area (Å²) in [5.74, 6) is 0.00575. The van der Waals surface area contributed by atoms with E-state index in [9.17, 15) is 14.4 Å². The number of hydrogen-bond donors (Lipinski definition) is 1. The van der Waals surface area contributed by atoms with Gasteiger partial charge in [0.05, 0.1) is 0 Å². The van der Waals surface area contributed by atoms with Crippen LogP contribution >= 0.6 is 0 Å². The number of carbonyl (C=O) groups is 2. The molecule has 42 heavy (non-hydrogen) atoms. The number of fused-ring (bicyclic) bond motifs is 3. The molecule has 8 nitrogen and oxygen atoms in total. The van der Waals surface area contributed by atoms with Crippen LogP contribution < -0.4 is 15.8 Å². The average Bonchev–Trinajstić information content (AvgIpc) is 3.32. The van der Waals surface area contributed by atoms with Crippen LogP contribution in [0.3, 0.4) is 0 Å². The maximum atomic E-state index is 13.8. The van der Waals surface area contributed by atoms with Gasteiger partial charge in [0, 0.05) is 62.4 Å². The van der Waals surface area contributed by atoms with E-state index in [2.05, 4.69) is 49.4 Å². The molecule has 3 aliphatic rings. The van der Waals surface area contributed by atoms with Gasteiger partial charge in [0.25, 0.3) is 11.5 Å². The molecule has 1 saturated heterocycles. The van der Waals surface area contributed by atoms with Crippen molar-refractivity contribution in [2.24, 2.45) is 12.5 Å². The Bertz CT molecular complexity index is 1650. The monoisotopic (exact) mass is 567 g/mol. The summed E-state index contributed by atoms with van der Waals surface area (Å²) >= 11 is 0. The number of carbonyl (C=O) groups excluding carboxylic acids is 2. The fourth-order valence-corrected chi connectivity index (χ4v) is 7.14. The number of pyridine rings is 1. The highest BCUT2D eigenvalue weighted by Crippen LogP contribution is 2.40. The standard InChI is InChI=1S/C34H41N5O3/c1-6-31(40)37-13-8-9-25(12-14-37)35-27-17-24(21-36(5)32(27)41)26-10-7-11-28(22(26)2)39-16-15-38-29(33(39)42)18-23-19-34(3,4)20-30(23)38/h6-7,10-11,17-18,21,25,35H,1,8-9,12-16,19-20H2,2-5H3. The maximum absolute atomic E-state index is 13.8. The molecule has 1 fully saturated rings. The van der Waals surface area contributed by atoms with Crippen LogP contribution in [0.2, 0.25) is 0 Å². The fourth-order valence-electron chi connectivity index (χ4n) is 7.14. The average molecular weight is 568 g/mol. The third-order valence-electron chi connectivity index (χ3n) is 9.29.